The molecule has 0 radical (unpaired) electrons. The van der Waals surface area contributed by atoms with Gasteiger partial charge in [0.1, 0.15) is 11.6 Å². The van der Waals surface area contributed by atoms with Crippen LogP contribution >= 0.6 is 0 Å². The van der Waals surface area contributed by atoms with Crippen LogP contribution in [0.25, 0.3) is 33.2 Å². The first kappa shape index (κ1) is 27.6. The summed E-state index contributed by atoms with van der Waals surface area (Å²) in [6, 6.07) is 38.6. The molecule has 6 nitrogen and oxygen atoms in total. The molecule has 3 aromatic carbocycles. The Morgan fingerprint density at radius 1 is 0.619 bits per heavy atom. The molecule has 0 spiro atoms. The van der Waals surface area contributed by atoms with Crippen molar-refractivity contribution in [3.63, 3.8) is 0 Å². The molecule has 7 heteroatoms. The van der Waals surface area contributed by atoms with Gasteiger partial charge in [0.25, 0.3) is 0 Å². The van der Waals surface area contributed by atoms with Crippen LogP contribution in [-0.4, -0.2) is 15.1 Å². The van der Waals surface area contributed by atoms with Crippen molar-refractivity contribution in [3.8, 4) is 11.4 Å². The number of para-hydroxylation sites is 3. The Morgan fingerprint density at radius 3 is 2.02 bits per heavy atom. The van der Waals surface area contributed by atoms with Gasteiger partial charge < -0.3 is 15.2 Å². The maximum absolute atomic E-state index is 4.96. The van der Waals surface area contributed by atoms with Gasteiger partial charge in [-0.05, 0) is 78.4 Å². The first-order chi connectivity index (χ1) is 20.3. The standard InChI is InChI=1S/C23H20N5.C12H8N.Pt/c1-2-9-17(10-3-1)28(21-14-6-7-16-24-21)22-15-8-13-20(25-22)23-18-11-4-5-12-19(18)26-27-23;1-3-7-11-9(5-1)10-6-2-4-8-12(10)13-11;/h1-3,6-10,13-16H,4-5,11-12H2;1-8H;/q2*-1;+2. The third kappa shape index (κ3) is 5.50. The third-order valence-corrected chi connectivity index (χ3v) is 7.43. The van der Waals surface area contributed by atoms with Crippen molar-refractivity contribution in [2.24, 2.45) is 0 Å². The zero-order valence-corrected chi connectivity index (χ0v) is 25.1. The van der Waals surface area contributed by atoms with Crippen molar-refractivity contribution in [1.82, 2.24) is 25.1 Å². The predicted octanol–water partition coefficient (Wildman–Crippen LogP) is 7.79. The molecule has 0 bridgehead atoms. The molecule has 4 aromatic heterocycles. The molecule has 4 heterocycles. The van der Waals surface area contributed by atoms with Crippen LogP contribution in [0.4, 0.5) is 17.3 Å². The van der Waals surface area contributed by atoms with Crippen molar-refractivity contribution in [1.29, 1.82) is 0 Å². The van der Waals surface area contributed by atoms with Gasteiger partial charge in [-0.25, -0.2) is 9.97 Å². The second-order valence-electron chi connectivity index (χ2n) is 10.1. The molecular formula is C35H28N6Pt. The van der Waals surface area contributed by atoms with E-state index in [0.29, 0.717) is 0 Å². The topological polar surface area (TPSA) is 70.1 Å². The minimum atomic E-state index is 0. The van der Waals surface area contributed by atoms with Crippen molar-refractivity contribution in [2.45, 2.75) is 25.7 Å². The number of anilines is 3. The van der Waals surface area contributed by atoms with Crippen molar-refractivity contribution >= 4 is 39.1 Å². The Bertz CT molecular complexity index is 1820. The number of hydrogen-bond donors (Lipinski definition) is 0. The SMILES string of the molecule is [Pt+2].c1ccc(N(c2ccccn2)c2cccc(-c3[n-]nc4c3CCCC4)n2)cc1.c1ccc2c(c1)[n-]c1ccccc12. The van der Waals surface area contributed by atoms with E-state index in [2.05, 4.69) is 73.6 Å². The molecule has 42 heavy (non-hydrogen) atoms. The minimum absolute atomic E-state index is 0. The van der Waals surface area contributed by atoms with Crippen molar-refractivity contribution < 1.29 is 21.1 Å². The summed E-state index contributed by atoms with van der Waals surface area (Å²) in [6.07, 6.45) is 6.24. The fourth-order valence-electron chi connectivity index (χ4n) is 5.48. The van der Waals surface area contributed by atoms with Crippen molar-refractivity contribution in [3.05, 3.63) is 133 Å². The molecule has 1 aliphatic carbocycles. The predicted molar refractivity (Wildman–Crippen MR) is 165 cm³/mol. The molecule has 0 atom stereocenters. The molecule has 0 amide bonds. The van der Waals surface area contributed by atoms with Crippen LogP contribution in [0.1, 0.15) is 24.1 Å². The van der Waals surface area contributed by atoms with E-state index < -0.39 is 0 Å². The molecule has 8 rings (SSSR count). The minimum Gasteiger partial charge on any atom is -0.657 e. The largest absolute Gasteiger partial charge is 2.00 e. The molecule has 7 aromatic rings. The smallest absolute Gasteiger partial charge is 0.657 e. The molecule has 0 N–H and O–H groups in total. The van der Waals surface area contributed by atoms with Crippen LogP contribution in [0.15, 0.2) is 121 Å². The number of pyridine rings is 2. The van der Waals surface area contributed by atoms with E-state index in [1.54, 1.807) is 6.20 Å². The van der Waals surface area contributed by atoms with Gasteiger partial charge in [-0.3, -0.25) is 4.90 Å². The summed E-state index contributed by atoms with van der Waals surface area (Å²) in [5.74, 6) is 1.64. The average molecular weight is 728 g/mol. The molecular weight excluding hydrogens is 700 g/mol. The molecule has 0 fully saturated rings. The number of aryl methyl sites for hydroxylation is 1. The zero-order valence-electron chi connectivity index (χ0n) is 22.9. The van der Waals surface area contributed by atoms with E-state index in [1.165, 1.54) is 29.2 Å². The van der Waals surface area contributed by atoms with Gasteiger partial charge in [0.15, 0.2) is 0 Å². The third-order valence-electron chi connectivity index (χ3n) is 7.43. The molecule has 208 valence electrons. The second kappa shape index (κ2) is 12.5. The first-order valence-electron chi connectivity index (χ1n) is 14.0. The summed E-state index contributed by atoms with van der Waals surface area (Å²) in [6.45, 7) is 0. The van der Waals surface area contributed by atoms with Gasteiger partial charge in [0.2, 0.25) is 0 Å². The average Bonchev–Trinajstić information content (AvgIpc) is 3.65. The number of hydrogen-bond acceptors (Lipinski definition) is 4. The molecule has 0 unspecified atom stereocenters. The van der Waals surface area contributed by atoms with Crippen LogP contribution in [0.2, 0.25) is 0 Å². The molecule has 0 saturated carbocycles. The van der Waals surface area contributed by atoms with Crippen molar-refractivity contribution in [2.75, 3.05) is 4.90 Å². The molecule has 1 aliphatic rings. The fraction of sp³-hybridized carbons (Fsp3) is 0.114. The number of benzene rings is 3. The van der Waals surface area contributed by atoms with E-state index in [1.807, 2.05) is 66.7 Å². The van der Waals surface area contributed by atoms with E-state index in [0.717, 1.165) is 58.3 Å². The Hall–Kier alpha value is -4.54. The second-order valence-corrected chi connectivity index (χ2v) is 10.1. The van der Waals surface area contributed by atoms with E-state index in [9.17, 15) is 0 Å². The van der Waals surface area contributed by atoms with Gasteiger partial charge in [-0.1, -0.05) is 84.6 Å². The Labute approximate surface area is 259 Å². The summed E-state index contributed by atoms with van der Waals surface area (Å²) >= 11 is 0. The number of rotatable bonds is 4. The Balaban J connectivity index is 0.000000188. The monoisotopic (exact) mass is 727 g/mol. The van der Waals surface area contributed by atoms with Crippen LogP contribution in [0, 0.1) is 0 Å². The number of fused-ring (bicyclic) bond motifs is 4. The van der Waals surface area contributed by atoms with Gasteiger partial charge >= 0.3 is 21.1 Å². The van der Waals surface area contributed by atoms with E-state index in [4.69, 9.17) is 4.98 Å². The molecule has 0 aliphatic heterocycles. The summed E-state index contributed by atoms with van der Waals surface area (Å²) in [7, 11) is 0. The van der Waals surface area contributed by atoms with Gasteiger partial charge in [-0.15, -0.1) is 11.0 Å². The van der Waals surface area contributed by atoms with E-state index in [-0.39, 0.29) is 21.1 Å². The summed E-state index contributed by atoms with van der Waals surface area (Å²) in [5, 5.41) is 11.4. The van der Waals surface area contributed by atoms with Crippen LogP contribution < -0.4 is 15.0 Å². The Morgan fingerprint density at radius 2 is 1.29 bits per heavy atom. The normalized spacial score (nSPS) is 12.2. The fourth-order valence-corrected chi connectivity index (χ4v) is 5.48. The maximum Gasteiger partial charge on any atom is 2.00 e. The van der Waals surface area contributed by atoms with Gasteiger partial charge in [0.05, 0.1) is 5.69 Å². The van der Waals surface area contributed by atoms with Crippen LogP contribution in [-0.2, 0) is 33.9 Å². The van der Waals surface area contributed by atoms with Gasteiger partial charge in [-0.2, -0.15) is 0 Å². The zero-order chi connectivity index (χ0) is 27.4. The number of aromatic nitrogens is 5. The van der Waals surface area contributed by atoms with Crippen LogP contribution in [0.5, 0.6) is 0 Å². The quantitative estimate of drug-likeness (QED) is 0.185. The molecule has 0 saturated heterocycles. The van der Waals surface area contributed by atoms with Crippen LogP contribution in [0.3, 0.4) is 0 Å². The van der Waals surface area contributed by atoms with Gasteiger partial charge in [0, 0.05) is 17.6 Å². The maximum atomic E-state index is 4.96. The first-order valence-corrected chi connectivity index (χ1v) is 14.0. The summed E-state index contributed by atoms with van der Waals surface area (Å²) in [5.41, 5.74) is 7.38. The van der Waals surface area contributed by atoms with E-state index >= 15 is 0 Å². The Kier molecular flexibility index (Phi) is 8.25. The summed E-state index contributed by atoms with van der Waals surface area (Å²) < 4.78 is 0. The summed E-state index contributed by atoms with van der Waals surface area (Å²) in [4.78, 5) is 16.1. The number of nitrogens with zero attached hydrogens (tertiary/aromatic N) is 6.